The number of rotatable bonds is 7. The summed E-state index contributed by atoms with van der Waals surface area (Å²) in [5, 5.41) is 3.07. The first-order valence-corrected chi connectivity index (χ1v) is 14.0. The number of hydrogen-bond donors (Lipinski definition) is 1. The molecule has 6 rings (SSSR count). The Morgan fingerprint density at radius 1 is 1.00 bits per heavy atom. The Hall–Kier alpha value is -3.99. The van der Waals surface area contributed by atoms with Crippen LogP contribution in [0.5, 0.6) is 0 Å². The topological polar surface area (TPSA) is 66.5 Å². The molecule has 4 atom stereocenters. The minimum Gasteiger partial charge on any atom is -0.352 e. The molecule has 1 fully saturated rings. The summed E-state index contributed by atoms with van der Waals surface area (Å²) in [7, 11) is 0. The number of amides is 1. The van der Waals surface area contributed by atoms with E-state index in [-0.39, 0.29) is 17.5 Å². The van der Waals surface area contributed by atoms with Crippen molar-refractivity contribution in [1.82, 2.24) is 0 Å². The van der Waals surface area contributed by atoms with Gasteiger partial charge >= 0.3 is 0 Å². The first-order valence-electron chi connectivity index (χ1n) is 14.0. The number of fused-ring (bicyclic) bond motifs is 6. The molecule has 3 aromatic rings. The van der Waals surface area contributed by atoms with Crippen LogP contribution in [-0.4, -0.2) is 29.6 Å². The van der Waals surface area contributed by atoms with E-state index in [1.165, 1.54) is 12.0 Å². The van der Waals surface area contributed by atoms with Crippen molar-refractivity contribution in [3.63, 3.8) is 0 Å². The van der Waals surface area contributed by atoms with E-state index in [0.717, 1.165) is 41.6 Å². The number of nitrogens with zero attached hydrogens (tertiary/aromatic N) is 1. The van der Waals surface area contributed by atoms with Crippen LogP contribution in [0.2, 0.25) is 0 Å². The Balaban J connectivity index is 1.52. The Morgan fingerprint density at radius 3 is 2.51 bits per heavy atom. The second kappa shape index (κ2) is 9.64. The van der Waals surface area contributed by atoms with Crippen LogP contribution in [0.15, 0.2) is 72.8 Å². The first kappa shape index (κ1) is 25.3. The average molecular weight is 519 g/mol. The molecule has 5 heteroatoms. The molecule has 0 radical (unpaired) electrons. The van der Waals surface area contributed by atoms with Crippen molar-refractivity contribution in [2.75, 3.05) is 10.2 Å². The molecule has 1 spiro atoms. The van der Waals surface area contributed by atoms with Crippen molar-refractivity contribution >= 4 is 34.9 Å². The Bertz CT molecular complexity index is 1510. The number of carbonyl (C=O) groups is 3. The van der Waals surface area contributed by atoms with E-state index in [0.29, 0.717) is 11.3 Å². The van der Waals surface area contributed by atoms with Crippen molar-refractivity contribution in [3.05, 3.63) is 101 Å². The van der Waals surface area contributed by atoms with Crippen LogP contribution in [0.1, 0.15) is 65.7 Å². The van der Waals surface area contributed by atoms with E-state index < -0.39 is 23.4 Å². The number of anilines is 2. The predicted molar refractivity (Wildman–Crippen MR) is 155 cm³/mol. The summed E-state index contributed by atoms with van der Waals surface area (Å²) in [6, 6.07) is 20.2. The molecule has 1 N–H and O–H groups in total. The largest absolute Gasteiger partial charge is 0.352 e. The average Bonchev–Trinajstić information content (AvgIpc) is 3.41. The highest BCUT2D eigenvalue weighted by Crippen LogP contribution is 2.57. The van der Waals surface area contributed by atoms with Crippen molar-refractivity contribution in [2.24, 2.45) is 5.92 Å². The summed E-state index contributed by atoms with van der Waals surface area (Å²) in [5.41, 5.74) is 4.97. The quantitative estimate of drug-likeness (QED) is 0.295. The molecule has 0 aliphatic carbocycles. The molecular weight excluding hydrogens is 484 g/mol. The van der Waals surface area contributed by atoms with Gasteiger partial charge < -0.3 is 10.2 Å². The van der Waals surface area contributed by atoms with Gasteiger partial charge in [0.2, 0.25) is 5.91 Å². The lowest BCUT2D eigenvalue weighted by Crippen LogP contribution is -2.51. The minimum atomic E-state index is -1.23. The second-order valence-electron chi connectivity index (χ2n) is 11.2. The summed E-state index contributed by atoms with van der Waals surface area (Å²) in [5.74, 6) is -1.40. The lowest BCUT2D eigenvalue weighted by molar-refractivity contribution is -0.122. The first-order chi connectivity index (χ1) is 18.9. The van der Waals surface area contributed by atoms with Crippen molar-refractivity contribution in [3.8, 4) is 0 Å². The predicted octanol–water partition coefficient (Wildman–Crippen LogP) is 6.29. The van der Waals surface area contributed by atoms with Crippen molar-refractivity contribution < 1.29 is 14.4 Å². The molecule has 0 bridgehead atoms. The third-order valence-electron chi connectivity index (χ3n) is 8.79. The number of carbonyl (C=O) groups excluding carboxylic acids is 3. The van der Waals surface area contributed by atoms with Gasteiger partial charge in [0.25, 0.3) is 0 Å². The highest BCUT2D eigenvalue weighted by Gasteiger charge is 2.69. The summed E-state index contributed by atoms with van der Waals surface area (Å²) in [4.78, 5) is 44.3. The lowest BCUT2D eigenvalue weighted by Gasteiger charge is -2.37. The monoisotopic (exact) mass is 518 g/mol. The Kier molecular flexibility index (Phi) is 6.25. The fourth-order valence-corrected chi connectivity index (χ4v) is 7.05. The third kappa shape index (κ3) is 3.78. The molecule has 198 valence electrons. The second-order valence-corrected chi connectivity index (χ2v) is 11.2. The van der Waals surface area contributed by atoms with Crippen LogP contribution < -0.4 is 10.2 Å². The molecule has 3 aliphatic heterocycles. The van der Waals surface area contributed by atoms with E-state index in [2.05, 4.69) is 18.3 Å². The third-order valence-corrected chi connectivity index (χ3v) is 8.79. The smallest absolute Gasteiger partial charge is 0.238 e. The molecular formula is C34H34N2O3. The number of benzene rings is 3. The van der Waals surface area contributed by atoms with Crippen LogP contribution in [0.3, 0.4) is 0 Å². The summed E-state index contributed by atoms with van der Waals surface area (Å²) in [6.45, 7) is 5.76. The standard InChI is InChI=1S/C34H34N2O3/c1-4-5-6-9-23-13-15-24(16-14-23)32(38)30-31(22(3)37)36-28-18-12-21(2)20-25(28)17-19-29(36)34(30)26-10-7-8-11-27(26)35-33(34)39/h7-8,10-20,29-31H,4-6,9H2,1-3H3,(H,35,39)/t29-,30+,31-,34-/m1/s1. The molecule has 3 heterocycles. The van der Waals surface area contributed by atoms with Crippen LogP contribution >= 0.6 is 0 Å². The number of Topliss-reactive ketones (excluding diaryl/α,β-unsaturated/α-hetero) is 2. The van der Waals surface area contributed by atoms with E-state index in [9.17, 15) is 14.4 Å². The van der Waals surface area contributed by atoms with Crippen LogP contribution in [-0.2, 0) is 21.4 Å². The Labute approximate surface area is 229 Å². The highest BCUT2D eigenvalue weighted by molar-refractivity contribution is 6.16. The number of nitrogens with one attached hydrogen (secondary N) is 1. The number of hydrogen-bond acceptors (Lipinski definition) is 4. The van der Waals surface area contributed by atoms with Crippen molar-refractivity contribution in [2.45, 2.75) is 64.0 Å². The van der Waals surface area contributed by atoms with E-state index in [1.807, 2.05) is 84.6 Å². The normalized spacial score (nSPS) is 24.3. The maximum Gasteiger partial charge on any atom is 0.238 e. The van der Waals surface area contributed by atoms with Crippen LogP contribution in [0, 0.1) is 12.8 Å². The van der Waals surface area contributed by atoms with E-state index >= 15 is 0 Å². The Morgan fingerprint density at radius 2 is 1.77 bits per heavy atom. The number of para-hydroxylation sites is 1. The van der Waals surface area contributed by atoms with E-state index in [1.54, 1.807) is 6.92 Å². The van der Waals surface area contributed by atoms with Crippen molar-refractivity contribution in [1.29, 1.82) is 0 Å². The van der Waals surface area contributed by atoms with Gasteiger partial charge in [-0.2, -0.15) is 0 Å². The fraction of sp³-hybridized carbons (Fsp3) is 0.324. The van der Waals surface area contributed by atoms with Gasteiger partial charge in [-0.05, 0) is 61.6 Å². The van der Waals surface area contributed by atoms with Gasteiger partial charge in [0.15, 0.2) is 11.6 Å². The lowest BCUT2D eigenvalue weighted by atomic mass is 9.64. The maximum absolute atomic E-state index is 14.6. The number of ketones is 2. The van der Waals surface area contributed by atoms with Crippen LogP contribution in [0.4, 0.5) is 11.4 Å². The minimum absolute atomic E-state index is 0.120. The molecule has 3 aromatic carbocycles. The summed E-state index contributed by atoms with van der Waals surface area (Å²) in [6.07, 6.45) is 8.47. The maximum atomic E-state index is 14.6. The fourth-order valence-electron chi connectivity index (χ4n) is 7.05. The number of unbranched alkanes of at least 4 members (excludes halogenated alkanes) is 2. The van der Waals surface area contributed by atoms with Crippen LogP contribution in [0.25, 0.3) is 6.08 Å². The van der Waals surface area contributed by atoms with Gasteiger partial charge in [-0.15, -0.1) is 0 Å². The van der Waals surface area contributed by atoms with Gasteiger partial charge in [0.05, 0.1) is 18.0 Å². The molecule has 3 aliphatic rings. The zero-order valence-electron chi connectivity index (χ0n) is 22.7. The summed E-state index contributed by atoms with van der Waals surface area (Å²) < 4.78 is 0. The highest BCUT2D eigenvalue weighted by atomic mass is 16.2. The zero-order chi connectivity index (χ0) is 27.3. The zero-order valence-corrected chi connectivity index (χ0v) is 22.7. The summed E-state index contributed by atoms with van der Waals surface area (Å²) >= 11 is 0. The van der Waals surface area contributed by atoms with Gasteiger partial charge in [-0.3, -0.25) is 14.4 Å². The molecule has 0 unspecified atom stereocenters. The molecule has 1 saturated heterocycles. The molecule has 1 amide bonds. The molecule has 39 heavy (non-hydrogen) atoms. The number of aryl methyl sites for hydroxylation is 2. The molecule has 5 nitrogen and oxygen atoms in total. The molecule has 0 aromatic heterocycles. The molecule has 0 saturated carbocycles. The SMILES string of the molecule is CCCCCc1ccc(C(=O)[C@@H]2[C@@H](C(C)=O)N3c4ccc(C)cc4C=C[C@@H]3[C@@]23C(=O)Nc2ccccc23)cc1. The van der Waals surface area contributed by atoms with Gasteiger partial charge in [0.1, 0.15) is 5.41 Å². The van der Waals surface area contributed by atoms with Gasteiger partial charge in [-0.25, -0.2) is 0 Å². The van der Waals surface area contributed by atoms with Gasteiger partial charge in [-0.1, -0.05) is 86.0 Å². The van der Waals surface area contributed by atoms with E-state index in [4.69, 9.17) is 0 Å². The van der Waals surface area contributed by atoms with Gasteiger partial charge in [0, 0.05) is 16.9 Å².